The summed E-state index contributed by atoms with van der Waals surface area (Å²) in [5, 5.41) is 9.37. The molecule has 0 aliphatic carbocycles. The summed E-state index contributed by atoms with van der Waals surface area (Å²) in [5.74, 6) is -4.68. The SMILES string of the molecule is CC(=O)N[C@@H](C)C(=O)N[C@@H](CC(N)=O)C(=O)N[C@@H](C)C(=O)C(=O)NC(C)(C)C. The molecule has 0 rings (SSSR count). The highest BCUT2D eigenvalue weighted by Gasteiger charge is 2.30. The number of Topliss-reactive ketones (excluding diaryl/α,β-unsaturated/α-hetero) is 1. The Morgan fingerprint density at radius 2 is 1.39 bits per heavy atom. The van der Waals surface area contributed by atoms with Gasteiger partial charge in [-0.25, -0.2) is 0 Å². The number of carbonyl (C=O) groups is 6. The topological polar surface area (TPSA) is 177 Å². The smallest absolute Gasteiger partial charge is 0.289 e. The zero-order chi connectivity index (χ0) is 22.2. The Hall–Kier alpha value is -2.98. The van der Waals surface area contributed by atoms with Gasteiger partial charge in [0.05, 0.1) is 12.5 Å². The van der Waals surface area contributed by atoms with Crippen LogP contribution in [0.5, 0.6) is 0 Å². The predicted octanol–water partition coefficient (Wildman–Crippen LogP) is -2.14. The van der Waals surface area contributed by atoms with Gasteiger partial charge in [0.25, 0.3) is 5.91 Å². The molecule has 0 heterocycles. The van der Waals surface area contributed by atoms with Crippen LogP contribution in [0.1, 0.15) is 48.0 Å². The van der Waals surface area contributed by atoms with Crippen molar-refractivity contribution in [2.45, 2.75) is 71.6 Å². The van der Waals surface area contributed by atoms with Gasteiger partial charge in [-0.3, -0.25) is 28.8 Å². The summed E-state index contributed by atoms with van der Waals surface area (Å²) in [5.41, 5.74) is 4.46. The molecule has 3 atom stereocenters. The minimum absolute atomic E-state index is 0.456. The Labute approximate surface area is 163 Å². The first-order valence-corrected chi connectivity index (χ1v) is 8.66. The van der Waals surface area contributed by atoms with Crippen molar-refractivity contribution in [2.24, 2.45) is 5.73 Å². The molecule has 11 heteroatoms. The van der Waals surface area contributed by atoms with E-state index in [0.29, 0.717) is 0 Å². The van der Waals surface area contributed by atoms with Crippen molar-refractivity contribution in [2.75, 3.05) is 0 Å². The average Bonchev–Trinajstić information content (AvgIpc) is 2.50. The highest BCUT2D eigenvalue weighted by molar-refractivity contribution is 6.38. The van der Waals surface area contributed by atoms with Gasteiger partial charge in [0, 0.05) is 12.5 Å². The van der Waals surface area contributed by atoms with Gasteiger partial charge >= 0.3 is 0 Å². The van der Waals surface area contributed by atoms with Crippen LogP contribution in [0.15, 0.2) is 0 Å². The quantitative estimate of drug-likeness (QED) is 0.276. The van der Waals surface area contributed by atoms with Crippen molar-refractivity contribution < 1.29 is 28.8 Å². The van der Waals surface area contributed by atoms with Crippen LogP contribution in [0, 0.1) is 0 Å². The summed E-state index contributed by atoms with van der Waals surface area (Å²) >= 11 is 0. The molecule has 0 bridgehead atoms. The molecular weight excluding hydrogens is 370 g/mol. The third-order valence-electron chi connectivity index (χ3n) is 3.32. The summed E-state index contributed by atoms with van der Waals surface area (Å²) in [7, 11) is 0. The van der Waals surface area contributed by atoms with Gasteiger partial charge < -0.3 is 27.0 Å². The van der Waals surface area contributed by atoms with Crippen LogP contribution in [0.2, 0.25) is 0 Å². The second kappa shape index (κ2) is 10.4. The zero-order valence-corrected chi connectivity index (χ0v) is 17.0. The lowest BCUT2D eigenvalue weighted by Gasteiger charge is -2.23. The molecular formula is C17H29N5O6. The van der Waals surface area contributed by atoms with Gasteiger partial charge in [0.1, 0.15) is 12.1 Å². The number of carbonyl (C=O) groups excluding carboxylic acids is 6. The molecule has 0 aliphatic rings. The fourth-order valence-electron chi connectivity index (χ4n) is 2.06. The molecule has 0 saturated carbocycles. The van der Waals surface area contributed by atoms with E-state index >= 15 is 0 Å². The molecule has 11 nitrogen and oxygen atoms in total. The highest BCUT2D eigenvalue weighted by atomic mass is 16.2. The number of hydrogen-bond acceptors (Lipinski definition) is 6. The first kappa shape index (κ1) is 25.0. The van der Waals surface area contributed by atoms with E-state index in [1.54, 1.807) is 20.8 Å². The fourth-order valence-corrected chi connectivity index (χ4v) is 2.06. The molecule has 158 valence electrons. The van der Waals surface area contributed by atoms with E-state index in [2.05, 4.69) is 21.3 Å². The van der Waals surface area contributed by atoms with Gasteiger partial charge in [0.15, 0.2) is 0 Å². The van der Waals surface area contributed by atoms with E-state index in [0.717, 1.165) is 0 Å². The van der Waals surface area contributed by atoms with Crippen molar-refractivity contribution in [3.8, 4) is 0 Å². The second-order valence-corrected chi connectivity index (χ2v) is 7.45. The largest absolute Gasteiger partial charge is 0.370 e. The summed E-state index contributed by atoms with van der Waals surface area (Å²) < 4.78 is 0. The first-order chi connectivity index (χ1) is 12.6. The fraction of sp³-hybridized carbons (Fsp3) is 0.647. The number of rotatable bonds is 9. The van der Waals surface area contributed by atoms with Gasteiger partial charge in [-0.1, -0.05) is 0 Å². The van der Waals surface area contributed by atoms with Gasteiger partial charge in [-0.05, 0) is 34.6 Å². The number of ketones is 1. The summed E-state index contributed by atoms with van der Waals surface area (Å²) in [6.07, 6.45) is -0.528. The lowest BCUT2D eigenvalue weighted by atomic mass is 10.1. The lowest BCUT2D eigenvalue weighted by molar-refractivity contribution is -0.141. The predicted molar refractivity (Wildman–Crippen MR) is 99.5 cm³/mol. The van der Waals surface area contributed by atoms with Crippen LogP contribution in [0.4, 0.5) is 0 Å². The zero-order valence-electron chi connectivity index (χ0n) is 17.0. The van der Waals surface area contributed by atoms with Crippen LogP contribution >= 0.6 is 0 Å². The normalized spacial score (nSPS) is 14.1. The van der Waals surface area contributed by atoms with Gasteiger partial charge in [-0.15, -0.1) is 0 Å². The molecule has 0 aromatic heterocycles. The second-order valence-electron chi connectivity index (χ2n) is 7.45. The van der Waals surface area contributed by atoms with E-state index in [4.69, 9.17) is 5.73 Å². The van der Waals surface area contributed by atoms with Gasteiger partial charge in [0.2, 0.25) is 29.4 Å². The molecule has 0 unspecified atom stereocenters. The van der Waals surface area contributed by atoms with Crippen molar-refractivity contribution in [1.82, 2.24) is 21.3 Å². The van der Waals surface area contributed by atoms with E-state index in [1.807, 2.05) is 0 Å². The maximum Gasteiger partial charge on any atom is 0.289 e. The Morgan fingerprint density at radius 1 is 0.857 bits per heavy atom. The Balaban J connectivity index is 5.08. The number of primary amides is 1. The minimum atomic E-state index is -1.37. The van der Waals surface area contributed by atoms with Crippen LogP contribution in [0.25, 0.3) is 0 Å². The summed E-state index contributed by atoms with van der Waals surface area (Å²) in [4.78, 5) is 70.7. The number of nitrogens with one attached hydrogen (secondary N) is 4. The van der Waals surface area contributed by atoms with Crippen LogP contribution in [0.3, 0.4) is 0 Å². The summed E-state index contributed by atoms with van der Waals surface area (Å²) in [6.45, 7) is 8.97. The molecule has 5 amide bonds. The molecule has 0 spiro atoms. The molecule has 6 N–H and O–H groups in total. The Bertz CT molecular complexity index is 655. The lowest BCUT2D eigenvalue weighted by Crippen LogP contribution is -2.57. The van der Waals surface area contributed by atoms with Crippen LogP contribution in [-0.4, -0.2) is 59.0 Å². The van der Waals surface area contributed by atoms with Crippen LogP contribution < -0.4 is 27.0 Å². The molecule has 0 saturated heterocycles. The number of nitrogens with two attached hydrogens (primary N) is 1. The molecule has 0 aliphatic heterocycles. The minimum Gasteiger partial charge on any atom is -0.370 e. The van der Waals surface area contributed by atoms with Crippen molar-refractivity contribution in [1.29, 1.82) is 0 Å². The molecule has 0 aromatic carbocycles. The summed E-state index contributed by atoms with van der Waals surface area (Å²) in [6, 6.07) is -3.53. The van der Waals surface area contributed by atoms with Crippen molar-refractivity contribution in [3.63, 3.8) is 0 Å². The molecule has 0 fully saturated rings. The van der Waals surface area contributed by atoms with Crippen molar-refractivity contribution >= 4 is 35.3 Å². The molecule has 0 aromatic rings. The molecule has 28 heavy (non-hydrogen) atoms. The Kier molecular flexibility index (Phi) is 9.27. The van der Waals surface area contributed by atoms with E-state index in [-0.39, 0.29) is 0 Å². The third-order valence-corrected chi connectivity index (χ3v) is 3.32. The monoisotopic (exact) mass is 399 g/mol. The Morgan fingerprint density at radius 3 is 1.82 bits per heavy atom. The highest BCUT2D eigenvalue weighted by Crippen LogP contribution is 2.00. The molecule has 0 radical (unpaired) electrons. The van der Waals surface area contributed by atoms with Crippen molar-refractivity contribution in [3.05, 3.63) is 0 Å². The van der Waals surface area contributed by atoms with Gasteiger partial charge in [-0.2, -0.15) is 0 Å². The average molecular weight is 399 g/mol. The maximum atomic E-state index is 12.4. The first-order valence-electron chi connectivity index (χ1n) is 8.66. The van der Waals surface area contributed by atoms with Crippen LogP contribution in [-0.2, 0) is 28.8 Å². The van der Waals surface area contributed by atoms with E-state index in [9.17, 15) is 28.8 Å². The standard InChI is InChI=1S/C17H29N5O6/c1-8(13(25)16(28)22-17(4,5)6)20-15(27)11(7-12(18)24)21-14(26)9(2)19-10(3)23/h8-9,11H,7H2,1-6H3,(H2,18,24)(H,19,23)(H,20,27)(H,21,26)(H,22,28)/t8-,9-,11-/m0/s1. The number of hydrogen-bond donors (Lipinski definition) is 5. The third kappa shape index (κ3) is 9.64. The van der Waals surface area contributed by atoms with E-state index < -0.39 is 65.4 Å². The van der Waals surface area contributed by atoms with E-state index in [1.165, 1.54) is 20.8 Å². The maximum absolute atomic E-state index is 12.4. The number of amides is 5.